The van der Waals surface area contributed by atoms with Crippen molar-refractivity contribution in [3.63, 3.8) is 0 Å². The molecule has 1 aromatic heterocycles. The largest absolute Gasteiger partial charge is 0.505 e. The zero-order valence-electron chi connectivity index (χ0n) is 9.74. The number of hydrogen-bond acceptors (Lipinski definition) is 4. The molecule has 1 amide bonds. The standard InChI is InChI=1S/C12H14N2O4/c15-10-7-13-5-4-8(10)11(16)14-6-2-1-3-9(14)12(17)18/h4-5,7,9,15H,1-3,6H2,(H,17,18). The van der Waals surface area contributed by atoms with Crippen molar-refractivity contribution in [1.29, 1.82) is 0 Å². The van der Waals surface area contributed by atoms with E-state index in [9.17, 15) is 14.7 Å². The van der Waals surface area contributed by atoms with E-state index >= 15 is 0 Å². The van der Waals surface area contributed by atoms with Gasteiger partial charge in [-0.3, -0.25) is 9.78 Å². The van der Waals surface area contributed by atoms with Crippen molar-refractivity contribution in [2.45, 2.75) is 25.3 Å². The molecule has 96 valence electrons. The van der Waals surface area contributed by atoms with Crippen molar-refractivity contribution >= 4 is 11.9 Å². The van der Waals surface area contributed by atoms with Gasteiger partial charge >= 0.3 is 5.97 Å². The molecule has 0 aromatic carbocycles. The lowest BCUT2D eigenvalue weighted by Crippen LogP contribution is -2.48. The van der Waals surface area contributed by atoms with Crippen LogP contribution in [-0.4, -0.2) is 44.6 Å². The number of aromatic nitrogens is 1. The van der Waals surface area contributed by atoms with Crippen LogP contribution in [0.25, 0.3) is 0 Å². The summed E-state index contributed by atoms with van der Waals surface area (Å²) in [6.45, 7) is 0.400. The Balaban J connectivity index is 2.27. The van der Waals surface area contributed by atoms with Crippen LogP contribution >= 0.6 is 0 Å². The SMILES string of the molecule is O=C(O)C1CCCCN1C(=O)c1ccncc1O. The van der Waals surface area contributed by atoms with Gasteiger partial charge in [-0.15, -0.1) is 0 Å². The molecule has 1 aliphatic rings. The number of piperidine rings is 1. The lowest BCUT2D eigenvalue weighted by molar-refractivity contribution is -0.143. The summed E-state index contributed by atoms with van der Waals surface area (Å²) in [5, 5.41) is 18.7. The predicted octanol–water partition coefficient (Wildman–Crippen LogP) is 0.866. The molecule has 2 rings (SSSR count). The monoisotopic (exact) mass is 250 g/mol. The predicted molar refractivity (Wildman–Crippen MR) is 62.2 cm³/mol. The zero-order valence-corrected chi connectivity index (χ0v) is 9.74. The van der Waals surface area contributed by atoms with Crippen LogP contribution in [0.2, 0.25) is 0 Å². The third-order valence-electron chi connectivity index (χ3n) is 3.08. The van der Waals surface area contributed by atoms with Gasteiger partial charge in [-0.1, -0.05) is 0 Å². The summed E-state index contributed by atoms with van der Waals surface area (Å²) in [4.78, 5) is 28.3. The highest BCUT2D eigenvalue weighted by Crippen LogP contribution is 2.23. The Bertz CT molecular complexity index is 475. The maximum atomic E-state index is 12.2. The van der Waals surface area contributed by atoms with Gasteiger partial charge in [0.1, 0.15) is 11.8 Å². The van der Waals surface area contributed by atoms with E-state index in [4.69, 9.17) is 5.11 Å². The van der Waals surface area contributed by atoms with Crippen molar-refractivity contribution in [3.8, 4) is 5.75 Å². The average Bonchev–Trinajstić information content (AvgIpc) is 2.38. The normalized spacial score (nSPS) is 19.6. The van der Waals surface area contributed by atoms with Crippen molar-refractivity contribution in [2.75, 3.05) is 6.54 Å². The summed E-state index contributed by atoms with van der Waals surface area (Å²) in [6, 6.07) is 0.587. The quantitative estimate of drug-likeness (QED) is 0.812. The van der Waals surface area contributed by atoms with Crippen LogP contribution in [0.15, 0.2) is 18.5 Å². The lowest BCUT2D eigenvalue weighted by atomic mass is 10.0. The molecule has 0 radical (unpaired) electrons. The van der Waals surface area contributed by atoms with E-state index in [-0.39, 0.29) is 11.3 Å². The number of carbonyl (C=O) groups excluding carboxylic acids is 1. The molecular weight excluding hydrogens is 236 g/mol. The molecule has 1 aliphatic heterocycles. The highest BCUT2D eigenvalue weighted by atomic mass is 16.4. The second-order valence-electron chi connectivity index (χ2n) is 4.24. The van der Waals surface area contributed by atoms with E-state index in [1.807, 2.05) is 0 Å². The molecule has 0 aliphatic carbocycles. The molecule has 6 nitrogen and oxygen atoms in total. The number of carboxylic acid groups (broad SMARTS) is 1. The van der Waals surface area contributed by atoms with Crippen LogP contribution in [0.3, 0.4) is 0 Å². The summed E-state index contributed by atoms with van der Waals surface area (Å²) in [5.74, 6) is -1.68. The molecular formula is C12H14N2O4. The number of nitrogens with zero attached hydrogens (tertiary/aromatic N) is 2. The molecule has 1 unspecified atom stereocenters. The van der Waals surface area contributed by atoms with Gasteiger partial charge < -0.3 is 15.1 Å². The highest BCUT2D eigenvalue weighted by Gasteiger charge is 2.33. The minimum absolute atomic E-state index is 0.0955. The molecule has 18 heavy (non-hydrogen) atoms. The summed E-state index contributed by atoms with van der Waals surface area (Å²) >= 11 is 0. The van der Waals surface area contributed by atoms with E-state index in [0.717, 1.165) is 12.8 Å². The Morgan fingerprint density at radius 1 is 1.39 bits per heavy atom. The first-order chi connectivity index (χ1) is 8.61. The first-order valence-electron chi connectivity index (χ1n) is 5.78. The molecule has 1 aromatic rings. The Kier molecular flexibility index (Phi) is 3.45. The van der Waals surface area contributed by atoms with Crippen LogP contribution in [-0.2, 0) is 4.79 Å². The molecule has 6 heteroatoms. The average molecular weight is 250 g/mol. The molecule has 0 bridgehead atoms. The fraction of sp³-hybridized carbons (Fsp3) is 0.417. The van der Waals surface area contributed by atoms with Crippen LogP contribution in [0.4, 0.5) is 0 Å². The molecule has 2 N–H and O–H groups in total. The van der Waals surface area contributed by atoms with Gasteiger partial charge in [-0.25, -0.2) is 4.79 Å². The summed E-state index contributed by atoms with van der Waals surface area (Å²) in [5.41, 5.74) is 0.0955. The topological polar surface area (TPSA) is 90.7 Å². The first kappa shape index (κ1) is 12.3. The van der Waals surface area contributed by atoms with Crippen LogP contribution < -0.4 is 0 Å². The number of likely N-dealkylation sites (tertiary alicyclic amines) is 1. The van der Waals surface area contributed by atoms with Gasteiger partial charge in [0.05, 0.1) is 11.8 Å². The zero-order chi connectivity index (χ0) is 13.1. The third-order valence-corrected chi connectivity index (χ3v) is 3.08. The Morgan fingerprint density at radius 3 is 2.83 bits per heavy atom. The number of pyridine rings is 1. The number of hydrogen-bond donors (Lipinski definition) is 2. The number of rotatable bonds is 2. The molecule has 0 spiro atoms. The number of amides is 1. The van der Waals surface area contributed by atoms with Crippen LogP contribution in [0.5, 0.6) is 5.75 Å². The maximum Gasteiger partial charge on any atom is 0.326 e. The van der Waals surface area contributed by atoms with Crippen molar-refractivity contribution in [3.05, 3.63) is 24.0 Å². The second-order valence-corrected chi connectivity index (χ2v) is 4.24. The fourth-order valence-electron chi connectivity index (χ4n) is 2.15. The Hall–Kier alpha value is -2.11. The van der Waals surface area contributed by atoms with Gasteiger partial charge in [0.15, 0.2) is 0 Å². The number of aliphatic carboxylic acids is 1. The molecule has 1 atom stereocenters. The Morgan fingerprint density at radius 2 is 2.17 bits per heavy atom. The first-order valence-corrected chi connectivity index (χ1v) is 5.78. The van der Waals surface area contributed by atoms with E-state index < -0.39 is 17.9 Å². The molecule has 2 heterocycles. The van der Waals surface area contributed by atoms with Crippen molar-refractivity contribution in [1.82, 2.24) is 9.88 Å². The van der Waals surface area contributed by atoms with Crippen LogP contribution in [0.1, 0.15) is 29.6 Å². The van der Waals surface area contributed by atoms with Gasteiger partial charge in [0.2, 0.25) is 0 Å². The smallest absolute Gasteiger partial charge is 0.326 e. The van der Waals surface area contributed by atoms with E-state index in [1.165, 1.54) is 23.4 Å². The van der Waals surface area contributed by atoms with Gasteiger partial charge in [-0.05, 0) is 25.3 Å². The molecule has 0 saturated carbocycles. The maximum absolute atomic E-state index is 12.2. The van der Waals surface area contributed by atoms with Gasteiger partial charge in [0.25, 0.3) is 5.91 Å². The molecule has 1 saturated heterocycles. The summed E-state index contributed by atoms with van der Waals surface area (Å²) in [6.07, 6.45) is 4.59. The highest BCUT2D eigenvalue weighted by molar-refractivity contribution is 5.98. The summed E-state index contributed by atoms with van der Waals surface area (Å²) in [7, 11) is 0. The van der Waals surface area contributed by atoms with Crippen LogP contribution in [0, 0.1) is 0 Å². The van der Waals surface area contributed by atoms with Crippen molar-refractivity contribution < 1.29 is 19.8 Å². The minimum Gasteiger partial charge on any atom is -0.505 e. The number of carboxylic acids is 1. The van der Waals surface area contributed by atoms with Gasteiger partial charge in [-0.2, -0.15) is 0 Å². The fourth-order valence-corrected chi connectivity index (χ4v) is 2.15. The van der Waals surface area contributed by atoms with Gasteiger partial charge in [0, 0.05) is 12.7 Å². The Labute approximate surface area is 104 Å². The second kappa shape index (κ2) is 5.03. The van der Waals surface area contributed by atoms with E-state index in [1.54, 1.807) is 0 Å². The van der Waals surface area contributed by atoms with E-state index in [0.29, 0.717) is 13.0 Å². The minimum atomic E-state index is -1.00. The lowest BCUT2D eigenvalue weighted by Gasteiger charge is -2.33. The van der Waals surface area contributed by atoms with Crippen molar-refractivity contribution in [2.24, 2.45) is 0 Å². The number of carbonyl (C=O) groups is 2. The van der Waals surface area contributed by atoms with E-state index in [2.05, 4.69) is 4.98 Å². The third kappa shape index (κ3) is 2.27. The number of aromatic hydroxyl groups is 1. The molecule has 1 fully saturated rings. The summed E-state index contributed by atoms with van der Waals surface area (Å²) < 4.78 is 0.